The zero-order valence-corrected chi connectivity index (χ0v) is 11.3. The van der Waals surface area contributed by atoms with Crippen LogP contribution in [0.4, 0.5) is 0 Å². The minimum Gasteiger partial charge on any atom is -0.497 e. The summed E-state index contributed by atoms with van der Waals surface area (Å²) in [5.41, 5.74) is 4.64. The van der Waals surface area contributed by atoms with E-state index in [1.165, 1.54) is 0 Å². The Bertz CT molecular complexity index is 553. The second-order valence-corrected chi connectivity index (χ2v) is 4.15. The number of nitrogens with two attached hydrogens (primary N) is 1. The molecule has 0 aliphatic rings. The molecule has 2 rings (SSSR count). The fourth-order valence-electron chi connectivity index (χ4n) is 2.02. The zero-order chi connectivity index (χ0) is 13.8. The lowest BCUT2D eigenvalue weighted by molar-refractivity contribution is 0.394. The molecule has 19 heavy (non-hydrogen) atoms. The van der Waals surface area contributed by atoms with Crippen LogP contribution in [0.3, 0.4) is 0 Å². The monoisotopic (exact) mass is 262 g/mol. The number of nitrogens with zero attached hydrogens (tertiary/aromatic N) is 2. The van der Waals surface area contributed by atoms with Crippen LogP contribution in [0, 0.1) is 0 Å². The van der Waals surface area contributed by atoms with E-state index in [-0.39, 0.29) is 6.04 Å². The van der Waals surface area contributed by atoms with E-state index in [0.717, 1.165) is 22.6 Å². The summed E-state index contributed by atoms with van der Waals surface area (Å²) in [6.45, 7) is 0. The second kappa shape index (κ2) is 5.73. The minimum absolute atomic E-state index is 0.209. The summed E-state index contributed by atoms with van der Waals surface area (Å²) in [6, 6.07) is 5.39. The number of hydrogen-bond donors (Lipinski definition) is 2. The smallest absolute Gasteiger partial charge is 0.124 e. The Morgan fingerprint density at radius 2 is 2.11 bits per heavy atom. The van der Waals surface area contributed by atoms with E-state index >= 15 is 0 Å². The van der Waals surface area contributed by atoms with E-state index in [4.69, 9.17) is 15.3 Å². The van der Waals surface area contributed by atoms with Crippen LogP contribution in [0.1, 0.15) is 17.2 Å². The van der Waals surface area contributed by atoms with E-state index in [2.05, 4.69) is 10.5 Å². The summed E-state index contributed by atoms with van der Waals surface area (Å²) < 4.78 is 12.4. The summed E-state index contributed by atoms with van der Waals surface area (Å²) in [5.74, 6) is 7.17. The van der Waals surface area contributed by atoms with Crippen molar-refractivity contribution in [1.29, 1.82) is 0 Å². The van der Waals surface area contributed by atoms with Gasteiger partial charge in [0.1, 0.15) is 11.5 Å². The highest BCUT2D eigenvalue weighted by molar-refractivity contribution is 5.45. The summed E-state index contributed by atoms with van der Waals surface area (Å²) in [5, 5.41) is 4.16. The highest BCUT2D eigenvalue weighted by Gasteiger charge is 2.19. The largest absolute Gasteiger partial charge is 0.497 e. The van der Waals surface area contributed by atoms with Gasteiger partial charge in [0.2, 0.25) is 0 Å². The Balaban J connectivity index is 2.47. The van der Waals surface area contributed by atoms with Gasteiger partial charge < -0.3 is 9.47 Å². The molecule has 102 valence electrons. The third-order valence-electron chi connectivity index (χ3n) is 2.97. The van der Waals surface area contributed by atoms with Crippen LogP contribution in [0.2, 0.25) is 0 Å². The first kappa shape index (κ1) is 13.4. The Labute approximate surface area is 112 Å². The van der Waals surface area contributed by atoms with Crippen LogP contribution in [0.25, 0.3) is 0 Å². The topological polar surface area (TPSA) is 74.3 Å². The van der Waals surface area contributed by atoms with E-state index in [0.29, 0.717) is 0 Å². The molecular weight excluding hydrogens is 244 g/mol. The summed E-state index contributed by atoms with van der Waals surface area (Å²) >= 11 is 0. The fourth-order valence-corrected chi connectivity index (χ4v) is 2.02. The van der Waals surface area contributed by atoms with Crippen molar-refractivity contribution >= 4 is 0 Å². The summed E-state index contributed by atoms with van der Waals surface area (Å²) in [6.07, 6.45) is 3.67. The van der Waals surface area contributed by atoms with Gasteiger partial charge in [-0.15, -0.1) is 0 Å². The molecule has 1 heterocycles. The number of ether oxygens (including phenoxy) is 2. The Hall–Kier alpha value is -2.05. The highest BCUT2D eigenvalue weighted by Crippen LogP contribution is 2.32. The fraction of sp³-hybridized carbons (Fsp3) is 0.308. The lowest BCUT2D eigenvalue weighted by Crippen LogP contribution is -2.29. The van der Waals surface area contributed by atoms with Crippen molar-refractivity contribution in [3.05, 3.63) is 41.7 Å². The van der Waals surface area contributed by atoms with Gasteiger partial charge >= 0.3 is 0 Å². The maximum Gasteiger partial charge on any atom is 0.124 e. The van der Waals surface area contributed by atoms with Crippen LogP contribution in [-0.2, 0) is 7.05 Å². The highest BCUT2D eigenvalue weighted by atomic mass is 16.5. The predicted octanol–water partition coefficient (Wildman–Crippen LogP) is 0.990. The van der Waals surface area contributed by atoms with Gasteiger partial charge in [-0.3, -0.25) is 10.5 Å². The summed E-state index contributed by atoms with van der Waals surface area (Å²) in [4.78, 5) is 0. The molecular formula is C13H18N4O2. The van der Waals surface area contributed by atoms with Crippen molar-refractivity contribution < 1.29 is 9.47 Å². The Kier molecular flexibility index (Phi) is 4.03. The van der Waals surface area contributed by atoms with Crippen LogP contribution in [0.5, 0.6) is 11.5 Å². The van der Waals surface area contributed by atoms with Gasteiger partial charge in [-0.2, -0.15) is 5.10 Å². The normalized spacial score (nSPS) is 12.2. The molecule has 3 N–H and O–H groups in total. The number of aromatic nitrogens is 2. The van der Waals surface area contributed by atoms with Crippen molar-refractivity contribution in [2.45, 2.75) is 6.04 Å². The third-order valence-corrected chi connectivity index (χ3v) is 2.97. The molecule has 6 nitrogen and oxygen atoms in total. The van der Waals surface area contributed by atoms with Gasteiger partial charge in [0.25, 0.3) is 0 Å². The van der Waals surface area contributed by atoms with Crippen molar-refractivity contribution in [3.63, 3.8) is 0 Å². The molecule has 0 aliphatic heterocycles. The first-order chi connectivity index (χ1) is 9.19. The first-order valence-electron chi connectivity index (χ1n) is 5.86. The van der Waals surface area contributed by atoms with Gasteiger partial charge in [-0.05, 0) is 18.2 Å². The van der Waals surface area contributed by atoms with Crippen LogP contribution < -0.4 is 20.7 Å². The van der Waals surface area contributed by atoms with Gasteiger partial charge in [0, 0.05) is 24.4 Å². The molecule has 0 saturated heterocycles. The van der Waals surface area contributed by atoms with Gasteiger partial charge in [-0.1, -0.05) is 0 Å². The number of hydrogen-bond acceptors (Lipinski definition) is 5. The quantitative estimate of drug-likeness (QED) is 0.621. The molecule has 0 spiro atoms. The lowest BCUT2D eigenvalue weighted by Gasteiger charge is -2.18. The van der Waals surface area contributed by atoms with Crippen molar-refractivity contribution in [2.75, 3.05) is 14.2 Å². The minimum atomic E-state index is -0.209. The molecule has 6 heteroatoms. The van der Waals surface area contributed by atoms with E-state index in [1.54, 1.807) is 25.1 Å². The van der Waals surface area contributed by atoms with Crippen LogP contribution in [-0.4, -0.2) is 24.0 Å². The van der Waals surface area contributed by atoms with E-state index in [9.17, 15) is 0 Å². The van der Waals surface area contributed by atoms with Gasteiger partial charge in [0.15, 0.2) is 0 Å². The van der Waals surface area contributed by atoms with Crippen molar-refractivity contribution in [1.82, 2.24) is 15.2 Å². The number of benzene rings is 1. The van der Waals surface area contributed by atoms with Gasteiger partial charge in [-0.25, -0.2) is 5.43 Å². The maximum atomic E-state index is 5.68. The third kappa shape index (κ3) is 2.69. The first-order valence-corrected chi connectivity index (χ1v) is 5.86. The molecule has 2 aromatic rings. The molecule has 1 atom stereocenters. The standard InChI is InChI=1S/C13H18N4O2/c1-17-8-9(7-15-17)13(16-14)11-6-10(18-2)4-5-12(11)19-3/h4-8,13,16H,14H2,1-3H3. The number of aryl methyl sites for hydroxylation is 1. The van der Waals surface area contributed by atoms with Crippen molar-refractivity contribution in [3.8, 4) is 11.5 Å². The number of rotatable bonds is 5. The molecule has 1 aromatic carbocycles. The number of methoxy groups -OCH3 is 2. The predicted molar refractivity (Wildman–Crippen MR) is 71.9 cm³/mol. The molecule has 0 aliphatic carbocycles. The molecule has 0 saturated carbocycles. The lowest BCUT2D eigenvalue weighted by atomic mass is 10.0. The van der Waals surface area contributed by atoms with Crippen LogP contribution >= 0.6 is 0 Å². The zero-order valence-electron chi connectivity index (χ0n) is 11.3. The average molecular weight is 262 g/mol. The van der Waals surface area contributed by atoms with Crippen molar-refractivity contribution in [2.24, 2.45) is 12.9 Å². The second-order valence-electron chi connectivity index (χ2n) is 4.15. The molecule has 0 bridgehead atoms. The Morgan fingerprint density at radius 1 is 1.32 bits per heavy atom. The molecule has 1 unspecified atom stereocenters. The van der Waals surface area contributed by atoms with E-state index in [1.807, 2.05) is 31.4 Å². The van der Waals surface area contributed by atoms with Crippen LogP contribution in [0.15, 0.2) is 30.6 Å². The maximum absolute atomic E-state index is 5.68. The molecule has 1 aromatic heterocycles. The Morgan fingerprint density at radius 3 is 2.63 bits per heavy atom. The molecule has 0 radical (unpaired) electrons. The average Bonchev–Trinajstić information content (AvgIpc) is 2.86. The molecule has 0 fully saturated rings. The summed E-state index contributed by atoms with van der Waals surface area (Å²) in [7, 11) is 5.11. The number of hydrazine groups is 1. The van der Waals surface area contributed by atoms with Gasteiger partial charge in [0.05, 0.1) is 26.5 Å². The SMILES string of the molecule is COc1ccc(OC)c(C(NN)c2cnn(C)c2)c1. The van der Waals surface area contributed by atoms with E-state index < -0.39 is 0 Å². The number of nitrogens with one attached hydrogen (secondary N) is 1. The molecule has 0 amide bonds.